The second-order valence-electron chi connectivity index (χ2n) is 5.49. The van der Waals surface area contributed by atoms with E-state index in [1.165, 1.54) is 0 Å². The maximum Gasteiger partial charge on any atom is 0.320 e. The van der Waals surface area contributed by atoms with Gasteiger partial charge in [0.1, 0.15) is 0 Å². The minimum absolute atomic E-state index is 0.0150. The summed E-state index contributed by atoms with van der Waals surface area (Å²) in [7, 11) is -3.03. The van der Waals surface area contributed by atoms with Crippen LogP contribution in [-0.4, -0.2) is 56.8 Å². The number of urea groups is 1. The van der Waals surface area contributed by atoms with Gasteiger partial charge in [-0.1, -0.05) is 12.1 Å². The number of para-hydroxylation sites is 2. The van der Waals surface area contributed by atoms with E-state index < -0.39 is 9.84 Å². The van der Waals surface area contributed by atoms with Crippen molar-refractivity contribution in [2.45, 2.75) is 26.3 Å². The average Bonchev–Trinajstić information content (AvgIpc) is 2.90. The number of benzene rings is 1. The molecule has 1 aromatic carbocycles. The highest BCUT2D eigenvalue weighted by Crippen LogP contribution is 2.26. The summed E-state index contributed by atoms with van der Waals surface area (Å²) in [5, 5.41) is 2.67. The Morgan fingerprint density at radius 2 is 1.92 bits per heavy atom. The van der Waals surface area contributed by atoms with Gasteiger partial charge in [-0.2, -0.15) is 0 Å². The molecular formula is C16H24N2O5S. The molecule has 1 fully saturated rings. The molecule has 1 aliphatic heterocycles. The number of nitrogens with one attached hydrogen (secondary N) is 1. The van der Waals surface area contributed by atoms with Gasteiger partial charge >= 0.3 is 6.03 Å². The minimum atomic E-state index is -3.03. The topological polar surface area (TPSA) is 84.9 Å². The molecular weight excluding hydrogens is 332 g/mol. The van der Waals surface area contributed by atoms with Crippen molar-refractivity contribution in [1.82, 2.24) is 10.2 Å². The van der Waals surface area contributed by atoms with E-state index in [-0.39, 0.29) is 30.3 Å². The Balaban J connectivity index is 1.88. The monoisotopic (exact) mass is 356 g/mol. The second-order valence-corrected chi connectivity index (χ2v) is 7.72. The van der Waals surface area contributed by atoms with Crippen molar-refractivity contribution < 1.29 is 22.7 Å². The first-order valence-electron chi connectivity index (χ1n) is 8.06. The van der Waals surface area contributed by atoms with Crippen LogP contribution in [0.15, 0.2) is 24.3 Å². The van der Waals surface area contributed by atoms with E-state index in [1.807, 2.05) is 26.0 Å². The number of rotatable bonds is 7. The predicted octanol–water partition coefficient (Wildman–Crippen LogP) is 1.64. The van der Waals surface area contributed by atoms with Crippen molar-refractivity contribution in [3.8, 4) is 11.5 Å². The summed E-state index contributed by atoms with van der Waals surface area (Å²) in [6, 6.07) is 6.63. The average molecular weight is 356 g/mol. The molecule has 0 saturated carbocycles. The third-order valence-corrected chi connectivity index (χ3v) is 5.60. The van der Waals surface area contributed by atoms with Crippen LogP contribution in [0.4, 0.5) is 4.79 Å². The molecule has 1 atom stereocenters. The number of ether oxygens (including phenoxy) is 2. The normalized spacial score (nSPS) is 18.8. The van der Waals surface area contributed by atoms with Gasteiger partial charge in [-0.25, -0.2) is 13.2 Å². The van der Waals surface area contributed by atoms with Gasteiger partial charge in [-0.3, -0.25) is 0 Å². The van der Waals surface area contributed by atoms with Crippen LogP contribution in [0, 0.1) is 0 Å². The molecule has 1 N–H and O–H groups in total. The summed E-state index contributed by atoms with van der Waals surface area (Å²) in [4.78, 5) is 13.8. The Labute approximate surface area is 142 Å². The van der Waals surface area contributed by atoms with Crippen molar-refractivity contribution in [2.75, 3.05) is 31.4 Å². The molecule has 0 spiro atoms. The summed E-state index contributed by atoms with van der Waals surface area (Å²) in [6.45, 7) is 4.66. The first-order valence-corrected chi connectivity index (χ1v) is 9.88. The molecule has 134 valence electrons. The predicted molar refractivity (Wildman–Crippen MR) is 91.1 cm³/mol. The molecule has 1 aliphatic rings. The molecule has 1 aromatic rings. The van der Waals surface area contributed by atoms with Crippen LogP contribution >= 0.6 is 0 Å². The van der Waals surface area contributed by atoms with E-state index in [0.29, 0.717) is 31.1 Å². The highest BCUT2D eigenvalue weighted by atomic mass is 32.2. The van der Waals surface area contributed by atoms with Crippen LogP contribution in [0.25, 0.3) is 0 Å². The number of nitrogens with zero attached hydrogens (tertiary/aromatic N) is 1. The van der Waals surface area contributed by atoms with Gasteiger partial charge in [0, 0.05) is 12.6 Å². The lowest BCUT2D eigenvalue weighted by Crippen LogP contribution is -2.47. The third-order valence-electron chi connectivity index (χ3n) is 3.85. The van der Waals surface area contributed by atoms with Crippen LogP contribution in [0.5, 0.6) is 11.5 Å². The van der Waals surface area contributed by atoms with Crippen molar-refractivity contribution in [3.63, 3.8) is 0 Å². The van der Waals surface area contributed by atoms with Crippen molar-refractivity contribution in [1.29, 1.82) is 0 Å². The van der Waals surface area contributed by atoms with Crippen molar-refractivity contribution in [3.05, 3.63) is 24.3 Å². The second kappa shape index (κ2) is 8.23. The molecule has 24 heavy (non-hydrogen) atoms. The molecule has 1 unspecified atom stereocenters. The number of carbonyl (C=O) groups excluding carboxylic acids is 1. The molecule has 0 aliphatic carbocycles. The molecule has 1 heterocycles. The van der Waals surface area contributed by atoms with E-state index in [4.69, 9.17) is 9.47 Å². The van der Waals surface area contributed by atoms with Crippen LogP contribution < -0.4 is 14.8 Å². The minimum Gasteiger partial charge on any atom is -0.490 e. The third kappa shape index (κ3) is 4.77. The van der Waals surface area contributed by atoms with E-state index in [2.05, 4.69) is 5.32 Å². The molecule has 2 amide bonds. The van der Waals surface area contributed by atoms with Gasteiger partial charge in [-0.15, -0.1) is 0 Å². The summed E-state index contributed by atoms with van der Waals surface area (Å²) in [5.41, 5.74) is 0. The van der Waals surface area contributed by atoms with Crippen molar-refractivity contribution in [2.24, 2.45) is 0 Å². The van der Waals surface area contributed by atoms with E-state index in [0.717, 1.165) is 0 Å². The van der Waals surface area contributed by atoms with Gasteiger partial charge in [0.05, 0.1) is 18.1 Å². The zero-order valence-electron chi connectivity index (χ0n) is 14.0. The van der Waals surface area contributed by atoms with Crippen LogP contribution in [-0.2, 0) is 9.84 Å². The largest absolute Gasteiger partial charge is 0.490 e. The quantitative estimate of drug-likeness (QED) is 0.751. The fourth-order valence-electron chi connectivity index (χ4n) is 2.71. The summed E-state index contributed by atoms with van der Waals surface area (Å²) >= 11 is 0. The molecule has 0 aromatic heterocycles. The number of sulfone groups is 1. The molecule has 1 saturated heterocycles. The van der Waals surface area contributed by atoms with Gasteiger partial charge in [0.15, 0.2) is 28.1 Å². The lowest BCUT2D eigenvalue weighted by molar-refractivity contribution is 0.170. The maximum atomic E-state index is 12.3. The Hall–Kier alpha value is -1.96. The fraction of sp³-hybridized carbons (Fsp3) is 0.562. The fourth-order valence-corrected chi connectivity index (χ4v) is 4.44. The van der Waals surface area contributed by atoms with Crippen LogP contribution in [0.1, 0.15) is 20.3 Å². The van der Waals surface area contributed by atoms with Crippen LogP contribution in [0.2, 0.25) is 0 Å². The first-order chi connectivity index (χ1) is 11.5. The zero-order chi connectivity index (χ0) is 17.6. The molecule has 0 radical (unpaired) electrons. The Bertz CT molecular complexity index is 662. The lowest BCUT2D eigenvalue weighted by atomic mass is 10.2. The Morgan fingerprint density at radius 1 is 1.25 bits per heavy atom. The zero-order valence-corrected chi connectivity index (χ0v) is 14.8. The summed E-state index contributed by atoms with van der Waals surface area (Å²) in [5.74, 6) is 1.33. The van der Waals surface area contributed by atoms with E-state index in [9.17, 15) is 13.2 Å². The Morgan fingerprint density at radius 3 is 2.46 bits per heavy atom. The maximum absolute atomic E-state index is 12.3. The van der Waals surface area contributed by atoms with E-state index >= 15 is 0 Å². The van der Waals surface area contributed by atoms with Gasteiger partial charge in [0.2, 0.25) is 0 Å². The highest BCUT2D eigenvalue weighted by molar-refractivity contribution is 7.91. The van der Waals surface area contributed by atoms with Gasteiger partial charge in [0.25, 0.3) is 0 Å². The van der Waals surface area contributed by atoms with Gasteiger partial charge < -0.3 is 19.7 Å². The highest BCUT2D eigenvalue weighted by Gasteiger charge is 2.33. The number of amides is 2. The summed E-state index contributed by atoms with van der Waals surface area (Å²) < 4.78 is 34.2. The molecule has 2 rings (SSSR count). The number of hydrogen-bond acceptors (Lipinski definition) is 5. The number of carbonyl (C=O) groups is 1. The van der Waals surface area contributed by atoms with Crippen molar-refractivity contribution >= 4 is 15.9 Å². The summed E-state index contributed by atoms with van der Waals surface area (Å²) in [6.07, 6.45) is 0.484. The lowest BCUT2D eigenvalue weighted by Gasteiger charge is -2.27. The smallest absolute Gasteiger partial charge is 0.320 e. The first kappa shape index (κ1) is 18.4. The molecule has 7 nitrogen and oxygen atoms in total. The number of hydrogen-bond donors (Lipinski definition) is 1. The van der Waals surface area contributed by atoms with E-state index in [1.54, 1.807) is 17.0 Å². The SMILES string of the molecule is CCOc1ccccc1OCNC(=O)N(CC)C1CCS(=O)(=O)C1. The van der Waals surface area contributed by atoms with Gasteiger partial charge in [-0.05, 0) is 32.4 Å². The molecule has 0 bridgehead atoms. The van der Waals surface area contributed by atoms with Crippen LogP contribution in [0.3, 0.4) is 0 Å². The Kier molecular flexibility index (Phi) is 6.30. The standard InChI is InChI=1S/C16H24N2O5S/c1-3-18(13-9-10-24(20,21)11-13)16(19)17-12-23-15-8-6-5-7-14(15)22-4-2/h5-8,13H,3-4,9-12H2,1-2H3,(H,17,19). The molecule has 8 heteroatoms.